The van der Waals surface area contributed by atoms with Crippen LogP contribution in [0.3, 0.4) is 0 Å². The summed E-state index contributed by atoms with van der Waals surface area (Å²) >= 11 is 1.27. The number of aliphatic carboxylic acids is 1. The van der Waals surface area contributed by atoms with Crippen molar-refractivity contribution < 1.29 is 32.6 Å². The van der Waals surface area contributed by atoms with Gasteiger partial charge in [0.1, 0.15) is 5.75 Å². The van der Waals surface area contributed by atoms with Crippen LogP contribution < -0.4 is 10.1 Å². The minimum atomic E-state index is -4.73. The van der Waals surface area contributed by atoms with Crippen molar-refractivity contribution in [3.05, 3.63) is 40.6 Å². The highest BCUT2D eigenvalue weighted by atomic mass is 32.1. The summed E-state index contributed by atoms with van der Waals surface area (Å²) in [6.45, 7) is 0.551. The fourth-order valence-electron chi connectivity index (χ4n) is 3.67. The molecule has 1 amide bonds. The molecule has 5 nitrogen and oxygen atoms in total. The van der Waals surface area contributed by atoms with Crippen LogP contribution in [0.15, 0.2) is 35.7 Å². The zero-order valence-corrected chi connectivity index (χ0v) is 16.9. The number of carbonyl (C=O) groups excluding carboxylic acids is 1. The number of carbonyl (C=O) groups is 2. The highest BCUT2D eigenvalue weighted by Gasteiger charge is 2.31. The molecule has 1 fully saturated rings. The summed E-state index contributed by atoms with van der Waals surface area (Å²) in [6, 6.07) is 7.21. The lowest BCUT2D eigenvalue weighted by Crippen LogP contribution is -2.31. The third-order valence-electron chi connectivity index (χ3n) is 5.23. The fraction of sp³-hybridized carbons (Fsp3) is 0.429. The Hall–Kier alpha value is -2.55. The number of hydrogen-bond donors (Lipinski definition) is 2. The molecule has 1 saturated carbocycles. The zero-order chi connectivity index (χ0) is 21.7. The first-order valence-corrected chi connectivity index (χ1v) is 10.5. The second kappa shape index (κ2) is 9.51. The van der Waals surface area contributed by atoms with Crippen LogP contribution in [0.1, 0.15) is 41.8 Å². The fourth-order valence-corrected chi connectivity index (χ4v) is 4.50. The summed E-state index contributed by atoms with van der Waals surface area (Å²) in [5.74, 6) is -0.668. The molecule has 0 spiro atoms. The molecule has 0 unspecified atom stereocenters. The van der Waals surface area contributed by atoms with Gasteiger partial charge < -0.3 is 15.2 Å². The molecule has 0 bridgehead atoms. The smallest absolute Gasteiger partial charge is 0.481 e. The molecule has 0 saturated heterocycles. The maximum absolute atomic E-state index is 12.4. The van der Waals surface area contributed by atoms with Crippen molar-refractivity contribution in [3.63, 3.8) is 0 Å². The van der Waals surface area contributed by atoms with Crippen LogP contribution in [0.2, 0.25) is 0 Å². The molecule has 1 aromatic carbocycles. The molecular formula is C21H22F3NO4S. The summed E-state index contributed by atoms with van der Waals surface area (Å²) in [6.07, 6.45) is -0.986. The second-order valence-corrected chi connectivity index (χ2v) is 8.38. The highest BCUT2D eigenvalue weighted by Crippen LogP contribution is 2.31. The van der Waals surface area contributed by atoms with Crippen molar-refractivity contribution in [2.45, 2.75) is 38.5 Å². The lowest BCUT2D eigenvalue weighted by Gasteiger charge is -2.27. The topological polar surface area (TPSA) is 75.6 Å². The van der Waals surface area contributed by atoms with Crippen molar-refractivity contribution in [2.24, 2.45) is 11.8 Å². The number of ether oxygens (including phenoxy) is 1. The third-order valence-corrected chi connectivity index (χ3v) is 6.15. The Balaban J connectivity index is 1.50. The molecule has 1 heterocycles. The molecule has 9 heteroatoms. The van der Waals surface area contributed by atoms with Gasteiger partial charge in [0.2, 0.25) is 0 Å². The van der Waals surface area contributed by atoms with E-state index in [9.17, 15) is 22.8 Å². The molecule has 3 rings (SSSR count). The van der Waals surface area contributed by atoms with Gasteiger partial charge in [-0.2, -0.15) is 0 Å². The summed E-state index contributed by atoms with van der Waals surface area (Å²) in [5.41, 5.74) is 1.44. The Morgan fingerprint density at radius 3 is 2.30 bits per heavy atom. The maximum atomic E-state index is 12.4. The number of benzene rings is 1. The number of halogens is 3. The SMILES string of the molecule is O=C(O)CC1CCC(CNC(=O)c2cc(-c3ccc(OC(F)(F)F)cc3)cs2)CC1. The summed E-state index contributed by atoms with van der Waals surface area (Å²) in [5, 5.41) is 13.6. The monoisotopic (exact) mass is 441 g/mol. The highest BCUT2D eigenvalue weighted by molar-refractivity contribution is 7.12. The molecule has 1 aliphatic carbocycles. The molecule has 1 aliphatic rings. The Morgan fingerprint density at radius 2 is 1.70 bits per heavy atom. The molecule has 0 atom stereocenters. The van der Waals surface area contributed by atoms with E-state index in [1.165, 1.54) is 35.6 Å². The molecule has 30 heavy (non-hydrogen) atoms. The third kappa shape index (κ3) is 6.48. The van der Waals surface area contributed by atoms with E-state index in [1.807, 2.05) is 0 Å². The minimum absolute atomic E-state index is 0.184. The van der Waals surface area contributed by atoms with Crippen LogP contribution >= 0.6 is 11.3 Å². The van der Waals surface area contributed by atoms with E-state index in [-0.39, 0.29) is 24.0 Å². The zero-order valence-electron chi connectivity index (χ0n) is 16.1. The number of hydrogen-bond acceptors (Lipinski definition) is 4. The first-order valence-electron chi connectivity index (χ1n) is 9.64. The van der Waals surface area contributed by atoms with Crippen LogP contribution in [0.4, 0.5) is 13.2 Å². The van der Waals surface area contributed by atoms with E-state index in [2.05, 4.69) is 10.1 Å². The normalized spacial score (nSPS) is 19.3. The number of nitrogens with one attached hydrogen (secondary N) is 1. The van der Waals surface area contributed by atoms with Gasteiger partial charge in [-0.3, -0.25) is 9.59 Å². The van der Waals surface area contributed by atoms with Crippen molar-refractivity contribution in [1.29, 1.82) is 0 Å². The van der Waals surface area contributed by atoms with E-state index >= 15 is 0 Å². The summed E-state index contributed by atoms with van der Waals surface area (Å²) in [4.78, 5) is 23.7. The number of thiophene rings is 1. The van der Waals surface area contributed by atoms with E-state index in [0.29, 0.717) is 22.9 Å². The van der Waals surface area contributed by atoms with Crippen molar-refractivity contribution in [3.8, 4) is 16.9 Å². The number of carboxylic acid groups (broad SMARTS) is 1. The predicted molar refractivity (Wildman–Crippen MR) is 106 cm³/mol. The van der Waals surface area contributed by atoms with Crippen LogP contribution in [0.5, 0.6) is 5.75 Å². The Labute approximate surface area is 175 Å². The number of rotatable bonds is 7. The first-order chi connectivity index (χ1) is 14.2. The van der Waals surface area contributed by atoms with Gasteiger partial charge in [-0.15, -0.1) is 24.5 Å². The van der Waals surface area contributed by atoms with Gasteiger partial charge in [-0.25, -0.2) is 0 Å². The average Bonchev–Trinajstić information content (AvgIpc) is 3.16. The van der Waals surface area contributed by atoms with Gasteiger partial charge in [0, 0.05) is 13.0 Å². The van der Waals surface area contributed by atoms with E-state index < -0.39 is 12.3 Å². The van der Waals surface area contributed by atoms with Crippen molar-refractivity contribution in [1.82, 2.24) is 5.32 Å². The largest absolute Gasteiger partial charge is 0.573 e. The Bertz CT molecular complexity index is 871. The Morgan fingerprint density at radius 1 is 1.07 bits per heavy atom. The van der Waals surface area contributed by atoms with Crippen molar-refractivity contribution >= 4 is 23.2 Å². The van der Waals surface area contributed by atoms with E-state index in [0.717, 1.165) is 31.2 Å². The van der Waals surface area contributed by atoms with Gasteiger partial charge in [0.15, 0.2) is 0 Å². The molecule has 2 aromatic rings. The first kappa shape index (κ1) is 22.1. The standard InChI is InChI=1S/C21H22F3NO4S/c22-21(23,24)29-17-7-5-15(6-8-17)16-10-18(30-12-16)20(28)25-11-14-3-1-13(2-4-14)9-19(26)27/h5-8,10,12-14H,1-4,9,11H2,(H,25,28)(H,26,27). The van der Waals surface area contributed by atoms with Crippen LogP contribution in [0, 0.1) is 11.8 Å². The van der Waals surface area contributed by atoms with Crippen LogP contribution in [0.25, 0.3) is 11.1 Å². The molecule has 2 N–H and O–H groups in total. The lowest BCUT2D eigenvalue weighted by molar-refractivity contribution is -0.274. The number of carboxylic acids is 1. The van der Waals surface area contributed by atoms with Crippen LogP contribution in [-0.4, -0.2) is 29.9 Å². The molecule has 1 aromatic heterocycles. The van der Waals surface area contributed by atoms with Gasteiger partial charge in [0.25, 0.3) is 5.91 Å². The van der Waals surface area contributed by atoms with Crippen molar-refractivity contribution in [2.75, 3.05) is 6.54 Å². The van der Waals surface area contributed by atoms with Crippen LogP contribution in [-0.2, 0) is 4.79 Å². The summed E-state index contributed by atoms with van der Waals surface area (Å²) < 4.78 is 40.6. The Kier molecular flexibility index (Phi) is 7.02. The molecule has 0 aliphatic heterocycles. The average molecular weight is 441 g/mol. The second-order valence-electron chi connectivity index (χ2n) is 7.47. The van der Waals surface area contributed by atoms with Gasteiger partial charge in [0.05, 0.1) is 4.88 Å². The molecule has 162 valence electrons. The minimum Gasteiger partial charge on any atom is -0.481 e. The van der Waals surface area contributed by atoms with Gasteiger partial charge >= 0.3 is 12.3 Å². The van der Waals surface area contributed by atoms with E-state index in [1.54, 1.807) is 11.4 Å². The van der Waals surface area contributed by atoms with Gasteiger partial charge in [-0.1, -0.05) is 12.1 Å². The van der Waals surface area contributed by atoms with E-state index in [4.69, 9.17) is 5.11 Å². The molecular weight excluding hydrogens is 419 g/mol. The molecule has 0 radical (unpaired) electrons. The summed E-state index contributed by atoms with van der Waals surface area (Å²) in [7, 11) is 0. The quantitative estimate of drug-likeness (QED) is 0.609. The number of alkyl halides is 3. The van der Waals surface area contributed by atoms with Gasteiger partial charge in [-0.05, 0) is 72.2 Å². The predicted octanol–water partition coefficient (Wildman–Crippen LogP) is 5.32. The lowest BCUT2D eigenvalue weighted by atomic mass is 9.80. The maximum Gasteiger partial charge on any atom is 0.573 e. The number of amides is 1.